The number of aryl methyl sites for hydroxylation is 1. The number of hydrogen-bond acceptors (Lipinski definition) is 6. The first-order valence-corrected chi connectivity index (χ1v) is 10.2. The van der Waals surface area contributed by atoms with E-state index in [0.29, 0.717) is 22.7 Å². The van der Waals surface area contributed by atoms with Gasteiger partial charge in [0, 0.05) is 40.5 Å². The SMILES string of the molecule is Cc1csc(C2CCN(CCc3nc(-c4cccc(Cl)c4)no3)CC2)n1. The third-order valence-electron chi connectivity index (χ3n) is 4.77. The normalized spacial score (nSPS) is 16.2. The smallest absolute Gasteiger partial charge is 0.228 e. The van der Waals surface area contributed by atoms with Crippen LogP contribution in [0.25, 0.3) is 11.4 Å². The molecule has 0 amide bonds. The minimum Gasteiger partial charge on any atom is -0.339 e. The molecule has 3 aromatic rings. The van der Waals surface area contributed by atoms with E-state index < -0.39 is 0 Å². The van der Waals surface area contributed by atoms with Gasteiger partial charge >= 0.3 is 0 Å². The van der Waals surface area contributed by atoms with Crippen molar-refractivity contribution in [3.63, 3.8) is 0 Å². The van der Waals surface area contributed by atoms with E-state index in [1.54, 1.807) is 11.3 Å². The van der Waals surface area contributed by atoms with Crippen LogP contribution in [0.4, 0.5) is 0 Å². The molecule has 1 aliphatic heterocycles. The Bertz CT molecular complexity index is 870. The van der Waals surface area contributed by atoms with E-state index in [1.807, 2.05) is 24.3 Å². The lowest BCUT2D eigenvalue weighted by Crippen LogP contribution is -2.34. The molecule has 0 bridgehead atoms. The largest absolute Gasteiger partial charge is 0.339 e. The Morgan fingerprint density at radius 2 is 2.12 bits per heavy atom. The Morgan fingerprint density at radius 1 is 1.27 bits per heavy atom. The van der Waals surface area contributed by atoms with E-state index in [-0.39, 0.29) is 0 Å². The van der Waals surface area contributed by atoms with Gasteiger partial charge in [-0.25, -0.2) is 4.98 Å². The fraction of sp³-hybridized carbons (Fsp3) is 0.421. The third kappa shape index (κ3) is 4.14. The summed E-state index contributed by atoms with van der Waals surface area (Å²) in [4.78, 5) is 11.6. The van der Waals surface area contributed by atoms with Gasteiger partial charge in [-0.1, -0.05) is 28.9 Å². The number of piperidine rings is 1. The van der Waals surface area contributed by atoms with Crippen molar-refractivity contribution in [2.75, 3.05) is 19.6 Å². The predicted octanol–water partition coefficient (Wildman–Crippen LogP) is 4.58. The number of benzene rings is 1. The summed E-state index contributed by atoms with van der Waals surface area (Å²) in [6.07, 6.45) is 3.11. The number of rotatable bonds is 5. The molecule has 2 aromatic heterocycles. The van der Waals surface area contributed by atoms with E-state index in [0.717, 1.165) is 37.3 Å². The number of aromatic nitrogens is 3. The zero-order chi connectivity index (χ0) is 17.9. The second-order valence-corrected chi connectivity index (χ2v) is 8.04. The molecule has 7 heteroatoms. The maximum atomic E-state index is 6.03. The van der Waals surface area contributed by atoms with Crippen molar-refractivity contribution in [1.82, 2.24) is 20.0 Å². The number of thiazole rings is 1. The average Bonchev–Trinajstić information content (AvgIpc) is 3.30. The van der Waals surface area contributed by atoms with Gasteiger partial charge < -0.3 is 9.42 Å². The first kappa shape index (κ1) is 17.6. The Kier molecular flexibility index (Phi) is 5.33. The highest BCUT2D eigenvalue weighted by molar-refractivity contribution is 7.09. The van der Waals surface area contributed by atoms with Crippen molar-refractivity contribution >= 4 is 22.9 Å². The quantitative estimate of drug-likeness (QED) is 0.640. The molecular formula is C19H21ClN4OS. The molecular weight excluding hydrogens is 368 g/mol. The van der Waals surface area contributed by atoms with Crippen molar-refractivity contribution in [3.05, 3.63) is 51.3 Å². The van der Waals surface area contributed by atoms with Crippen LogP contribution in [0.5, 0.6) is 0 Å². The van der Waals surface area contributed by atoms with Crippen LogP contribution in [-0.2, 0) is 6.42 Å². The van der Waals surface area contributed by atoms with Gasteiger partial charge in [0.15, 0.2) is 0 Å². The molecule has 1 fully saturated rings. The van der Waals surface area contributed by atoms with Gasteiger partial charge in [0.2, 0.25) is 11.7 Å². The fourth-order valence-corrected chi connectivity index (χ4v) is 4.48. The Morgan fingerprint density at radius 3 is 2.85 bits per heavy atom. The molecule has 1 aliphatic rings. The second kappa shape index (κ2) is 7.86. The van der Waals surface area contributed by atoms with E-state index in [1.165, 1.54) is 17.8 Å². The third-order valence-corrected chi connectivity index (χ3v) is 6.13. The van der Waals surface area contributed by atoms with Crippen LogP contribution in [0.3, 0.4) is 0 Å². The first-order chi connectivity index (χ1) is 12.7. The van der Waals surface area contributed by atoms with Crippen LogP contribution in [0.1, 0.15) is 35.4 Å². The summed E-state index contributed by atoms with van der Waals surface area (Å²) in [5.74, 6) is 1.89. The second-order valence-electron chi connectivity index (χ2n) is 6.72. The zero-order valence-electron chi connectivity index (χ0n) is 14.7. The highest BCUT2D eigenvalue weighted by atomic mass is 35.5. The molecule has 5 nitrogen and oxygen atoms in total. The summed E-state index contributed by atoms with van der Waals surface area (Å²) in [6.45, 7) is 5.20. The van der Waals surface area contributed by atoms with Crippen molar-refractivity contribution in [3.8, 4) is 11.4 Å². The van der Waals surface area contributed by atoms with E-state index in [2.05, 4.69) is 32.3 Å². The molecule has 1 saturated heterocycles. The molecule has 0 radical (unpaired) electrons. The van der Waals surface area contributed by atoms with Crippen molar-refractivity contribution < 1.29 is 4.52 Å². The zero-order valence-corrected chi connectivity index (χ0v) is 16.3. The maximum Gasteiger partial charge on any atom is 0.228 e. The van der Waals surface area contributed by atoms with Gasteiger partial charge in [-0.15, -0.1) is 11.3 Å². The molecule has 136 valence electrons. The molecule has 3 heterocycles. The van der Waals surface area contributed by atoms with E-state index in [4.69, 9.17) is 16.1 Å². The number of nitrogens with zero attached hydrogens (tertiary/aromatic N) is 4. The van der Waals surface area contributed by atoms with Gasteiger partial charge in [0.25, 0.3) is 0 Å². The van der Waals surface area contributed by atoms with Gasteiger partial charge in [-0.3, -0.25) is 0 Å². The van der Waals surface area contributed by atoms with Gasteiger partial charge in [0.05, 0.1) is 5.01 Å². The van der Waals surface area contributed by atoms with Crippen molar-refractivity contribution in [2.24, 2.45) is 0 Å². The van der Waals surface area contributed by atoms with Crippen molar-refractivity contribution in [2.45, 2.75) is 32.1 Å². The topological polar surface area (TPSA) is 55.1 Å². The summed E-state index contributed by atoms with van der Waals surface area (Å²) < 4.78 is 5.40. The van der Waals surface area contributed by atoms with Crippen LogP contribution in [0.2, 0.25) is 5.02 Å². The van der Waals surface area contributed by atoms with Gasteiger partial charge in [-0.05, 0) is 45.0 Å². The number of hydrogen-bond donors (Lipinski definition) is 0. The number of likely N-dealkylation sites (tertiary alicyclic amines) is 1. The maximum absolute atomic E-state index is 6.03. The molecule has 1 aromatic carbocycles. The summed E-state index contributed by atoms with van der Waals surface area (Å²) in [6, 6.07) is 7.51. The summed E-state index contributed by atoms with van der Waals surface area (Å²) >= 11 is 7.82. The van der Waals surface area contributed by atoms with Crippen molar-refractivity contribution in [1.29, 1.82) is 0 Å². The lowest BCUT2D eigenvalue weighted by atomic mass is 9.97. The van der Waals surface area contributed by atoms with E-state index >= 15 is 0 Å². The first-order valence-electron chi connectivity index (χ1n) is 8.90. The number of halogens is 1. The molecule has 0 saturated carbocycles. The monoisotopic (exact) mass is 388 g/mol. The Hall–Kier alpha value is -1.76. The minimum atomic E-state index is 0.598. The molecule has 0 aliphatic carbocycles. The fourth-order valence-electron chi connectivity index (χ4n) is 3.32. The van der Waals surface area contributed by atoms with Crippen LogP contribution in [-0.4, -0.2) is 39.7 Å². The molecule has 26 heavy (non-hydrogen) atoms. The summed E-state index contributed by atoms with van der Waals surface area (Å²) in [5, 5.41) is 8.19. The molecule has 0 N–H and O–H groups in total. The standard InChI is InChI=1S/C19H21ClN4OS/c1-13-12-26-19(21-13)14-5-8-24(9-6-14)10-7-17-22-18(23-25-17)15-3-2-4-16(20)11-15/h2-4,11-12,14H,5-10H2,1H3. The van der Waals surface area contributed by atoms with Gasteiger partial charge in [-0.2, -0.15) is 4.98 Å². The Labute approximate surface area is 162 Å². The van der Waals surface area contributed by atoms with Gasteiger partial charge in [0.1, 0.15) is 0 Å². The molecule has 4 rings (SSSR count). The van der Waals surface area contributed by atoms with Crippen LogP contribution in [0, 0.1) is 6.92 Å². The molecule has 0 spiro atoms. The van der Waals surface area contributed by atoms with Crippen LogP contribution in [0.15, 0.2) is 34.2 Å². The highest BCUT2D eigenvalue weighted by Crippen LogP contribution is 2.30. The summed E-state index contributed by atoms with van der Waals surface area (Å²) in [5.41, 5.74) is 2.02. The Balaban J connectivity index is 1.29. The molecule has 0 unspecified atom stereocenters. The van der Waals surface area contributed by atoms with Crippen LogP contribution < -0.4 is 0 Å². The lowest BCUT2D eigenvalue weighted by molar-refractivity contribution is 0.207. The average molecular weight is 389 g/mol. The highest BCUT2D eigenvalue weighted by Gasteiger charge is 2.23. The lowest BCUT2D eigenvalue weighted by Gasteiger charge is -2.30. The summed E-state index contributed by atoms with van der Waals surface area (Å²) in [7, 11) is 0. The minimum absolute atomic E-state index is 0.598. The van der Waals surface area contributed by atoms with E-state index in [9.17, 15) is 0 Å². The molecule has 0 atom stereocenters. The predicted molar refractivity (Wildman–Crippen MR) is 104 cm³/mol. The van der Waals surface area contributed by atoms with Crippen LogP contribution >= 0.6 is 22.9 Å².